The first-order valence-corrected chi connectivity index (χ1v) is 5.66. The Morgan fingerprint density at radius 3 is 2.81 bits per heavy atom. The highest BCUT2D eigenvalue weighted by atomic mass is 16.5. The Bertz CT molecular complexity index is 362. The van der Waals surface area contributed by atoms with Crippen molar-refractivity contribution < 1.29 is 14.6 Å². The summed E-state index contributed by atoms with van der Waals surface area (Å²) in [6.07, 6.45) is -0.0126. The van der Waals surface area contributed by atoms with Crippen molar-refractivity contribution in [1.29, 1.82) is 0 Å². The summed E-state index contributed by atoms with van der Waals surface area (Å²) in [6, 6.07) is 5.96. The highest BCUT2D eigenvalue weighted by Gasteiger charge is 2.25. The van der Waals surface area contributed by atoms with Gasteiger partial charge in [0.25, 0.3) is 0 Å². The molecule has 2 atom stereocenters. The van der Waals surface area contributed by atoms with Gasteiger partial charge in [-0.2, -0.15) is 0 Å². The Kier molecular flexibility index (Phi) is 3.46. The van der Waals surface area contributed by atoms with Crippen LogP contribution in [0.5, 0.6) is 5.75 Å². The van der Waals surface area contributed by atoms with Crippen LogP contribution in [0.2, 0.25) is 0 Å². The normalized spacial score (nSPS) is 25.4. The number of hydrogen-bond acceptors (Lipinski definition) is 3. The molecular formula is C13H18O3. The van der Waals surface area contributed by atoms with Crippen LogP contribution in [0.3, 0.4) is 0 Å². The fourth-order valence-corrected chi connectivity index (χ4v) is 1.78. The molecule has 0 spiro atoms. The fourth-order valence-electron chi connectivity index (χ4n) is 1.78. The van der Waals surface area contributed by atoms with Gasteiger partial charge in [0.2, 0.25) is 0 Å². The number of benzene rings is 1. The van der Waals surface area contributed by atoms with Crippen LogP contribution in [0.25, 0.3) is 0 Å². The van der Waals surface area contributed by atoms with Crippen molar-refractivity contribution in [3.05, 3.63) is 29.3 Å². The molecule has 1 fully saturated rings. The van der Waals surface area contributed by atoms with Crippen LogP contribution in [0.15, 0.2) is 18.2 Å². The van der Waals surface area contributed by atoms with Crippen molar-refractivity contribution in [1.82, 2.24) is 0 Å². The molecule has 0 saturated carbocycles. The van der Waals surface area contributed by atoms with Crippen LogP contribution in [0, 0.1) is 13.8 Å². The molecule has 0 aromatic heterocycles. The molecule has 0 aliphatic carbocycles. The molecule has 1 aromatic rings. The number of aliphatic hydroxyl groups is 1. The molecule has 0 radical (unpaired) electrons. The molecule has 88 valence electrons. The van der Waals surface area contributed by atoms with Crippen LogP contribution < -0.4 is 4.74 Å². The summed E-state index contributed by atoms with van der Waals surface area (Å²) >= 11 is 0. The molecule has 3 nitrogen and oxygen atoms in total. The van der Waals surface area contributed by atoms with E-state index in [1.54, 1.807) is 0 Å². The summed E-state index contributed by atoms with van der Waals surface area (Å²) < 4.78 is 11.0. The Hall–Kier alpha value is -1.06. The van der Waals surface area contributed by atoms with E-state index in [0.29, 0.717) is 19.6 Å². The van der Waals surface area contributed by atoms with E-state index >= 15 is 0 Å². The molecule has 1 aliphatic rings. The lowest BCUT2D eigenvalue weighted by molar-refractivity contribution is -0.0735. The van der Waals surface area contributed by atoms with Crippen molar-refractivity contribution in [2.24, 2.45) is 0 Å². The summed E-state index contributed by atoms with van der Waals surface area (Å²) in [5.74, 6) is 0.803. The van der Waals surface area contributed by atoms with Gasteiger partial charge in [0.05, 0.1) is 12.7 Å². The van der Waals surface area contributed by atoms with Crippen LogP contribution in [-0.2, 0) is 4.74 Å². The SMILES string of the molecule is Cc1ccc(OC2COCCC2O)cc1C. The van der Waals surface area contributed by atoms with Gasteiger partial charge in [-0.1, -0.05) is 6.07 Å². The molecule has 1 aromatic carbocycles. The lowest BCUT2D eigenvalue weighted by Crippen LogP contribution is -2.40. The van der Waals surface area contributed by atoms with E-state index in [0.717, 1.165) is 5.75 Å². The third kappa shape index (κ3) is 2.54. The standard InChI is InChI=1S/C13H18O3/c1-9-3-4-11(7-10(9)2)16-13-8-15-6-5-12(13)14/h3-4,7,12-14H,5-6,8H2,1-2H3. The largest absolute Gasteiger partial charge is 0.485 e. The van der Waals surface area contributed by atoms with Crippen LogP contribution in [0.4, 0.5) is 0 Å². The first kappa shape index (κ1) is 11.4. The summed E-state index contributed by atoms with van der Waals surface area (Å²) in [7, 11) is 0. The maximum atomic E-state index is 9.75. The highest BCUT2D eigenvalue weighted by molar-refractivity contribution is 5.34. The third-order valence-corrected chi connectivity index (χ3v) is 3.04. The quantitative estimate of drug-likeness (QED) is 0.829. The Balaban J connectivity index is 2.05. The summed E-state index contributed by atoms with van der Waals surface area (Å²) in [5.41, 5.74) is 2.44. The number of rotatable bonds is 2. The molecular weight excluding hydrogens is 204 g/mol. The van der Waals surface area contributed by atoms with Gasteiger partial charge in [0, 0.05) is 13.0 Å². The van der Waals surface area contributed by atoms with Gasteiger partial charge in [0.1, 0.15) is 11.9 Å². The summed E-state index contributed by atoms with van der Waals surface area (Å²) in [6.45, 7) is 5.20. The van der Waals surface area contributed by atoms with E-state index in [-0.39, 0.29) is 6.10 Å². The minimum atomic E-state index is -0.421. The third-order valence-electron chi connectivity index (χ3n) is 3.04. The lowest BCUT2D eigenvalue weighted by Gasteiger charge is -2.28. The van der Waals surface area contributed by atoms with Gasteiger partial charge < -0.3 is 14.6 Å². The molecule has 1 aliphatic heterocycles. The van der Waals surface area contributed by atoms with E-state index in [4.69, 9.17) is 9.47 Å². The van der Waals surface area contributed by atoms with Crippen molar-refractivity contribution in [2.45, 2.75) is 32.5 Å². The van der Waals surface area contributed by atoms with Crippen LogP contribution in [-0.4, -0.2) is 30.5 Å². The summed E-state index contributed by atoms with van der Waals surface area (Å²) in [5, 5.41) is 9.75. The topological polar surface area (TPSA) is 38.7 Å². The van der Waals surface area contributed by atoms with E-state index in [9.17, 15) is 5.11 Å². The molecule has 2 rings (SSSR count). The van der Waals surface area contributed by atoms with E-state index in [1.807, 2.05) is 18.2 Å². The molecule has 1 saturated heterocycles. The van der Waals surface area contributed by atoms with Gasteiger partial charge in [-0.25, -0.2) is 0 Å². The maximum Gasteiger partial charge on any atom is 0.148 e. The second-order valence-corrected chi connectivity index (χ2v) is 4.33. The number of aryl methyl sites for hydroxylation is 2. The van der Waals surface area contributed by atoms with E-state index in [2.05, 4.69) is 13.8 Å². The van der Waals surface area contributed by atoms with Crippen molar-refractivity contribution in [3.63, 3.8) is 0 Å². The number of aliphatic hydroxyl groups excluding tert-OH is 1. The molecule has 0 amide bonds. The average Bonchev–Trinajstić information content (AvgIpc) is 2.27. The Labute approximate surface area is 96.0 Å². The predicted molar refractivity (Wildman–Crippen MR) is 61.8 cm³/mol. The monoisotopic (exact) mass is 222 g/mol. The minimum absolute atomic E-state index is 0.240. The van der Waals surface area contributed by atoms with Crippen molar-refractivity contribution >= 4 is 0 Å². The zero-order valence-electron chi connectivity index (χ0n) is 9.77. The van der Waals surface area contributed by atoms with Crippen LogP contribution in [0.1, 0.15) is 17.5 Å². The smallest absolute Gasteiger partial charge is 0.148 e. The van der Waals surface area contributed by atoms with Gasteiger partial charge in [-0.3, -0.25) is 0 Å². The maximum absolute atomic E-state index is 9.75. The summed E-state index contributed by atoms with van der Waals surface area (Å²) in [4.78, 5) is 0. The highest BCUT2D eigenvalue weighted by Crippen LogP contribution is 2.20. The van der Waals surface area contributed by atoms with Crippen molar-refractivity contribution in [2.75, 3.05) is 13.2 Å². The van der Waals surface area contributed by atoms with E-state index in [1.165, 1.54) is 11.1 Å². The second-order valence-electron chi connectivity index (χ2n) is 4.33. The van der Waals surface area contributed by atoms with Gasteiger partial charge in [0.15, 0.2) is 0 Å². The van der Waals surface area contributed by atoms with Crippen molar-refractivity contribution in [3.8, 4) is 5.75 Å². The number of hydrogen-bond donors (Lipinski definition) is 1. The first-order chi connectivity index (χ1) is 7.66. The van der Waals surface area contributed by atoms with E-state index < -0.39 is 6.10 Å². The minimum Gasteiger partial charge on any atom is -0.485 e. The second kappa shape index (κ2) is 4.85. The Morgan fingerprint density at radius 1 is 1.31 bits per heavy atom. The van der Waals surface area contributed by atoms with Crippen LogP contribution >= 0.6 is 0 Å². The first-order valence-electron chi connectivity index (χ1n) is 5.66. The fraction of sp³-hybridized carbons (Fsp3) is 0.538. The molecule has 16 heavy (non-hydrogen) atoms. The predicted octanol–water partition coefficient (Wildman–Crippen LogP) is 1.83. The Morgan fingerprint density at radius 2 is 2.12 bits per heavy atom. The molecule has 1 N–H and O–H groups in total. The zero-order valence-corrected chi connectivity index (χ0v) is 9.77. The lowest BCUT2D eigenvalue weighted by atomic mass is 10.1. The van der Waals surface area contributed by atoms with Gasteiger partial charge in [-0.15, -0.1) is 0 Å². The molecule has 2 unspecified atom stereocenters. The zero-order chi connectivity index (χ0) is 11.5. The van der Waals surface area contributed by atoms with Gasteiger partial charge in [-0.05, 0) is 37.1 Å². The van der Waals surface area contributed by atoms with Gasteiger partial charge >= 0.3 is 0 Å². The number of ether oxygens (including phenoxy) is 2. The molecule has 1 heterocycles. The molecule has 0 bridgehead atoms. The average molecular weight is 222 g/mol. The molecule has 3 heteroatoms.